The van der Waals surface area contributed by atoms with Crippen molar-refractivity contribution in [1.29, 1.82) is 0 Å². The van der Waals surface area contributed by atoms with Gasteiger partial charge in [-0.3, -0.25) is 4.99 Å². The van der Waals surface area contributed by atoms with Crippen molar-refractivity contribution in [2.45, 2.75) is 24.8 Å². The van der Waals surface area contributed by atoms with Crippen molar-refractivity contribution in [3.8, 4) is 0 Å². The summed E-state index contributed by atoms with van der Waals surface area (Å²) in [7, 11) is 0. The summed E-state index contributed by atoms with van der Waals surface area (Å²) in [5, 5.41) is 0. The molecule has 2 aromatic rings. The van der Waals surface area contributed by atoms with Crippen LogP contribution in [0.15, 0.2) is 70.6 Å². The molecule has 0 radical (unpaired) electrons. The Morgan fingerprint density at radius 1 is 0.850 bits per heavy atom. The summed E-state index contributed by atoms with van der Waals surface area (Å²) in [4.78, 5) is 8.42. The lowest BCUT2D eigenvalue weighted by atomic mass is 9.86. The number of hydrogen-bond donors (Lipinski definition) is 0. The number of aliphatic imine (C=N–C) groups is 2. The van der Waals surface area contributed by atoms with Crippen LogP contribution in [0, 0.1) is 0 Å². The van der Waals surface area contributed by atoms with Crippen molar-refractivity contribution < 1.29 is 0 Å². The highest BCUT2D eigenvalue weighted by molar-refractivity contribution is 5.82. The average Bonchev–Trinajstić information content (AvgIpc) is 3.03. The smallest absolute Gasteiger partial charge is 0.110 e. The Kier molecular flexibility index (Phi) is 4.02. The van der Waals surface area contributed by atoms with E-state index >= 15 is 0 Å². The molecule has 2 heteroatoms. The number of nitrogens with zero attached hydrogens (tertiary/aromatic N) is 2. The van der Waals surface area contributed by atoms with E-state index in [0.717, 1.165) is 12.8 Å². The summed E-state index contributed by atoms with van der Waals surface area (Å²) in [5.74, 6) is 0.432. The van der Waals surface area contributed by atoms with Gasteiger partial charge >= 0.3 is 0 Å². The molecule has 2 nitrogen and oxygen atoms in total. The molecule has 1 unspecified atom stereocenters. The van der Waals surface area contributed by atoms with Gasteiger partial charge in [0.1, 0.15) is 6.34 Å². The van der Waals surface area contributed by atoms with Crippen molar-refractivity contribution in [3.05, 3.63) is 71.8 Å². The van der Waals surface area contributed by atoms with E-state index in [0.29, 0.717) is 5.92 Å². The Morgan fingerprint density at radius 2 is 1.45 bits per heavy atom. The van der Waals surface area contributed by atoms with Gasteiger partial charge in [0, 0.05) is 12.1 Å². The van der Waals surface area contributed by atoms with Crippen LogP contribution in [0.4, 0.5) is 0 Å². The SMILES string of the molecule is C1=NC=NC1CCC(c1ccccc1)c1ccccc1. The molecule has 0 aliphatic carbocycles. The van der Waals surface area contributed by atoms with Gasteiger partial charge in [0.05, 0.1) is 6.04 Å². The third kappa shape index (κ3) is 3.02. The van der Waals surface area contributed by atoms with Crippen molar-refractivity contribution >= 4 is 12.6 Å². The maximum Gasteiger partial charge on any atom is 0.110 e. The number of benzene rings is 2. The Morgan fingerprint density at radius 3 is 1.95 bits per heavy atom. The van der Waals surface area contributed by atoms with Gasteiger partial charge in [-0.1, -0.05) is 60.7 Å². The predicted molar refractivity (Wildman–Crippen MR) is 84.7 cm³/mol. The van der Waals surface area contributed by atoms with E-state index in [1.54, 1.807) is 6.34 Å². The fourth-order valence-electron chi connectivity index (χ4n) is 2.68. The van der Waals surface area contributed by atoms with Gasteiger partial charge in [0.2, 0.25) is 0 Å². The van der Waals surface area contributed by atoms with Crippen LogP contribution in [-0.4, -0.2) is 18.6 Å². The molecule has 0 saturated heterocycles. The molecule has 2 aromatic carbocycles. The third-order valence-corrected chi connectivity index (χ3v) is 3.74. The third-order valence-electron chi connectivity index (χ3n) is 3.74. The van der Waals surface area contributed by atoms with Crippen LogP contribution in [-0.2, 0) is 0 Å². The number of hydrogen-bond acceptors (Lipinski definition) is 2. The van der Waals surface area contributed by atoms with Crippen LogP contribution in [0.5, 0.6) is 0 Å². The second-order valence-electron chi connectivity index (χ2n) is 5.08. The molecule has 1 aliphatic heterocycles. The van der Waals surface area contributed by atoms with Crippen LogP contribution in [0.2, 0.25) is 0 Å². The highest BCUT2D eigenvalue weighted by Crippen LogP contribution is 2.29. The molecule has 0 bridgehead atoms. The second-order valence-corrected chi connectivity index (χ2v) is 5.08. The average molecular weight is 262 g/mol. The maximum absolute atomic E-state index is 4.35. The van der Waals surface area contributed by atoms with Crippen molar-refractivity contribution in [3.63, 3.8) is 0 Å². The normalized spacial score (nSPS) is 16.9. The molecule has 100 valence electrons. The lowest BCUT2D eigenvalue weighted by Gasteiger charge is -2.18. The van der Waals surface area contributed by atoms with E-state index in [9.17, 15) is 0 Å². The summed E-state index contributed by atoms with van der Waals surface area (Å²) in [6.07, 6.45) is 5.72. The van der Waals surface area contributed by atoms with Gasteiger partial charge in [-0.05, 0) is 24.0 Å². The van der Waals surface area contributed by atoms with Crippen molar-refractivity contribution in [2.24, 2.45) is 9.98 Å². The molecule has 0 N–H and O–H groups in total. The Hall–Kier alpha value is -2.22. The molecule has 0 saturated carbocycles. The fraction of sp³-hybridized carbons (Fsp3) is 0.222. The molecule has 1 atom stereocenters. The first-order chi connectivity index (χ1) is 9.93. The van der Waals surface area contributed by atoms with Crippen LogP contribution in [0.3, 0.4) is 0 Å². The first-order valence-corrected chi connectivity index (χ1v) is 7.08. The zero-order valence-corrected chi connectivity index (χ0v) is 11.4. The largest absolute Gasteiger partial charge is 0.264 e. The summed E-state index contributed by atoms with van der Waals surface area (Å²) in [6, 6.07) is 21.7. The van der Waals surface area contributed by atoms with Crippen LogP contribution in [0.25, 0.3) is 0 Å². The van der Waals surface area contributed by atoms with Gasteiger partial charge in [-0.15, -0.1) is 0 Å². The van der Waals surface area contributed by atoms with Crippen LogP contribution >= 0.6 is 0 Å². The van der Waals surface area contributed by atoms with Crippen LogP contribution < -0.4 is 0 Å². The Balaban J connectivity index is 1.80. The minimum Gasteiger partial charge on any atom is -0.264 e. The molecule has 0 fully saturated rings. The molecule has 20 heavy (non-hydrogen) atoms. The van der Waals surface area contributed by atoms with E-state index in [1.165, 1.54) is 11.1 Å². The predicted octanol–water partition coefficient (Wildman–Crippen LogP) is 4.08. The quantitative estimate of drug-likeness (QED) is 0.775. The molecular weight excluding hydrogens is 244 g/mol. The van der Waals surface area contributed by atoms with Gasteiger partial charge in [-0.2, -0.15) is 0 Å². The molecule has 0 amide bonds. The summed E-state index contributed by atoms with van der Waals surface area (Å²) in [5.41, 5.74) is 2.75. The topological polar surface area (TPSA) is 24.7 Å². The van der Waals surface area contributed by atoms with Gasteiger partial charge in [0.25, 0.3) is 0 Å². The first kappa shape index (κ1) is 12.8. The summed E-state index contributed by atoms with van der Waals surface area (Å²) < 4.78 is 0. The van der Waals surface area contributed by atoms with Crippen LogP contribution in [0.1, 0.15) is 29.9 Å². The van der Waals surface area contributed by atoms with Gasteiger partial charge in [0.15, 0.2) is 0 Å². The minimum atomic E-state index is 0.255. The number of rotatable bonds is 5. The standard InChI is InChI=1S/C18H18N2/c1-3-7-15(8-4-1)18(16-9-5-2-6-10-16)12-11-17-13-19-14-20-17/h1-10,13-14,17-18H,11-12H2. The van der Waals surface area contributed by atoms with E-state index in [2.05, 4.69) is 70.6 Å². The lowest BCUT2D eigenvalue weighted by molar-refractivity contribution is 0.641. The Labute approximate surface area is 119 Å². The van der Waals surface area contributed by atoms with E-state index in [-0.39, 0.29) is 6.04 Å². The lowest BCUT2D eigenvalue weighted by Crippen LogP contribution is -2.08. The fourth-order valence-corrected chi connectivity index (χ4v) is 2.68. The van der Waals surface area contributed by atoms with E-state index < -0.39 is 0 Å². The molecule has 3 rings (SSSR count). The summed E-state index contributed by atoms with van der Waals surface area (Å²) in [6.45, 7) is 0. The Bertz CT molecular complexity index is 536. The van der Waals surface area contributed by atoms with Gasteiger partial charge in [-0.25, -0.2) is 4.99 Å². The molecule has 1 aliphatic rings. The first-order valence-electron chi connectivity index (χ1n) is 7.08. The highest BCUT2D eigenvalue weighted by Gasteiger charge is 2.16. The maximum atomic E-state index is 4.35. The van der Waals surface area contributed by atoms with Gasteiger partial charge < -0.3 is 0 Å². The van der Waals surface area contributed by atoms with E-state index in [1.807, 2.05) is 6.21 Å². The van der Waals surface area contributed by atoms with Crippen molar-refractivity contribution in [1.82, 2.24) is 0 Å². The molecular formula is C18H18N2. The highest BCUT2D eigenvalue weighted by atomic mass is 14.9. The second kappa shape index (κ2) is 6.29. The monoisotopic (exact) mass is 262 g/mol. The summed E-state index contributed by atoms with van der Waals surface area (Å²) >= 11 is 0. The van der Waals surface area contributed by atoms with Crippen molar-refractivity contribution in [2.75, 3.05) is 0 Å². The zero-order valence-electron chi connectivity index (χ0n) is 11.4. The molecule has 0 aromatic heterocycles. The molecule has 0 spiro atoms. The molecule has 1 heterocycles. The zero-order chi connectivity index (χ0) is 13.6. The minimum absolute atomic E-state index is 0.255. The van der Waals surface area contributed by atoms with E-state index in [4.69, 9.17) is 0 Å².